The number of nitrogens with zero attached hydrogens (tertiary/aromatic N) is 6. The highest BCUT2D eigenvalue weighted by atomic mass is 16.2. The molecule has 0 spiro atoms. The molecule has 25 heavy (non-hydrogen) atoms. The van der Waals surface area contributed by atoms with Gasteiger partial charge in [-0.25, -0.2) is 4.98 Å². The van der Waals surface area contributed by atoms with E-state index < -0.39 is 0 Å². The van der Waals surface area contributed by atoms with Crippen LogP contribution in [0.15, 0.2) is 37.1 Å². The first-order valence-corrected chi connectivity index (χ1v) is 9.10. The first-order valence-electron chi connectivity index (χ1n) is 9.10. The van der Waals surface area contributed by atoms with Crippen LogP contribution in [-0.2, 0) is 11.3 Å². The molecule has 0 radical (unpaired) electrons. The van der Waals surface area contributed by atoms with Crippen LogP contribution in [0.1, 0.15) is 25.7 Å². The number of carbonyl (C=O) groups excluding carboxylic acids is 1. The number of anilines is 1. The van der Waals surface area contributed by atoms with Crippen LogP contribution >= 0.6 is 0 Å². The van der Waals surface area contributed by atoms with Crippen molar-refractivity contribution >= 4 is 11.7 Å². The van der Waals surface area contributed by atoms with Crippen molar-refractivity contribution in [1.82, 2.24) is 24.6 Å². The highest BCUT2D eigenvalue weighted by molar-refractivity contribution is 5.79. The lowest BCUT2D eigenvalue weighted by molar-refractivity contribution is -0.137. The molecule has 0 aliphatic carbocycles. The van der Waals surface area contributed by atoms with E-state index in [9.17, 15) is 4.79 Å². The third-order valence-electron chi connectivity index (χ3n) is 5.33. The van der Waals surface area contributed by atoms with E-state index in [1.807, 2.05) is 16.9 Å². The quantitative estimate of drug-likeness (QED) is 0.845. The van der Waals surface area contributed by atoms with Crippen molar-refractivity contribution in [3.05, 3.63) is 37.1 Å². The zero-order valence-electron chi connectivity index (χ0n) is 14.4. The molecule has 0 bridgehead atoms. The van der Waals surface area contributed by atoms with Crippen LogP contribution in [0.3, 0.4) is 0 Å². The molecule has 2 saturated heterocycles. The summed E-state index contributed by atoms with van der Waals surface area (Å²) >= 11 is 0. The highest BCUT2D eigenvalue weighted by Crippen LogP contribution is 2.27. The molecule has 2 fully saturated rings. The summed E-state index contributed by atoms with van der Waals surface area (Å²) in [5.74, 6) is 1.37. The van der Waals surface area contributed by atoms with Gasteiger partial charge in [0.1, 0.15) is 5.82 Å². The predicted octanol–water partition coefficient (Wildman–Crippen LogP) is 1.58. The molecule has 4 heterocycles. The van der Waals surface area contributed by atoms with Gasteiger partial charge in [0.25, 0.3) is 0 Å². The molecule has 0 saturated carbocycles. The van der Waals surface area contributed by atoms with Crippen LogP contribution in [0.5, 0.6) is 0 Å². The summed E-state index contributed by atoms with van der Waals surface area (Å²) in [6, 6.07) is 2.22. The Balaban J connectivity index is 1.35. The van der Waals surface area contributed by atoms with Crippen LogP contribution in [-0.4, -0.2) is 56.2 Å². The summed E-state index contributed by atoms with van der Waals surface area (Å²) in [6.45, 7) is 3.42. The van der Waals surface area contributed by atoms with E-state index in [0.29, 0.717) is 5.91 Å². The number of hydrogen-bond donors (Lipinski definition) is 0. The second kappa shape index (κ2) is 7.21. The number of rotatable bonds is 4. The third kappa shape index (κ3) is 3.50. The lowest BCUT2D eigenvalue weighted by Gasteiger charge is -2.35. The molecule has 0 aromatic carbocycles. The first-order chi connectivity index (χ1) is 12.3. The van der Waals surface area contributed by atoms with Crippen molar-refractivity contribution in [3.8, 4) is 0 Å². The number of likely N-dealkylation sites (tertiary alicyclic amines) is 1. The summed E-state index contributed by atoms with van der Waals surface area (Å²) in [4.78, 5) is 25.9. The maximum absolute atomic E-state index is 13.0. The van der Waals surface area contributed by atoms with Gasteiger partial charge in [-0.15, -0.1) is 0 Å². The van der Waals surface area contributed by atoms with Crippen LogP contribution in [0.2, 0.25) is 0 Å². The lowest BCUT2D eigenvalue weighted by Crippen LogP contribution is -2.45. The maximum atomic E-state index is 13.0. The summed E-state index contributed by atoms with van der Waals surface area (Å²) in [5.41, 5.74) is 0. The third-order valence-corrected chi connectivity index (χ3v) is 5.33. The highest BCUT2D eigenvalue weighted by Gasteiger charge is 2.35. The number of aromatic nitrogens is 4. The van der Waals surface area contributed by atoms with Crippen LogP contribution in [0.4, 0.5) is 5.82 Å². The van der Waals surface area contributed by atoms with Gasteiger partial charge in [-0.05, 0) is 31.7 Å². The summed E-state index contributed by atoms with van der Waals surface area (Å²) in [6.07, 6.45) is 12.9. The van der Waals surface area contributed by atoms with Gasteiger partial charge in [0, 0.05) is 50.3 Å². The van der Waals surface area contributed by atoms with Crippen LogP contribution < -0.4 is 4.90 Å². The van der Waals surface area contributed by atoms with Gasteiger partial charge in [0.15, 0.2) is 0 Å². The minimum Gasteiger partial charge on any atom is -0.355 e. The van der Waals surface area contributed by atoms with Crippen molar-refractivity contribution < 1.29 is 4.79 Å². The molecule has 1 amide bonds. The van der Waals surface area contributed by atoms with E-state index in [0.717, 1.165) is 57.7 Å². The van der Waals surface area contributed by atoms with E-state index in [1.165, 1.54) is 0 Å². The molecule has 2 aromatic rings. The van der Waals surface area contributed by atoms with E-state index in [-0.39, 0.29) is 12.0 Å². The molecule has 2 aliphatic heterocycles. The molecule has 132 valence electrons. The van der Waals surface area contributed by atoms with Crippen molar-refractivity contribution in [2.75, 3.05) is 24.5 Å². The number of hydrogen-bond acceptors (Lipinski definition) is 5. The SMILES string of the molecule is O=C(C1CCN(c2cnccn2)CC1)N1CCC[C@H]1Cn1cccn1. The van der Waals surface area contributed by atoms with Gasteiger partial charge >= 0.3 is 0 Å². The lowest BCUT2D eigenvalue weighted by atomic mass is 9.95. The fourth-order valence-electron chi connectivity index (χ4n) is 3.98. The van der Waals surface area contributed by atoms with E-state index in [2.05, 4.69) is 24.9 Å². The van der Waals surface area contributed by atoms with Crippen molar-refractivity contribution in [3.63, 3.8) is 0 Å². The fourth-order valence-corrected chi connectivity index (χ4v) is 3.98. The van der Waals surface area contributed by atoms with Gasteiger partial charge in [0.05, 0.1) is 18.8 Å². The van der Waals surface area contributed by atoms with E-state index in [4.69, 9.17) is 0 Å². The minimum atomic E-state index is 0.131. The Morgan fingerprint density at radius 1 is 1.12 bits per heavy atom. The topological polar surface area (TPSA) is 67.2 Å². The number of amides is 1. The Labute approximate surface area is 147 Å². The maximum Gasteiger partial charge on any atom is 0.226 e. The average molecular weight is 340 g/mol. The smallest absolute Gasteiger partial charge is 0.226 e. The largest absolute Gasteiger partial charge is 0.355 e. The zero-order valence-corrected chi connectivity index (χ0v) is 14.4. The number of carbonyl (C=O) groups is 1. The second-order valence-corrected chi connectivity index (χ2v) is 6.88. The van der Waals surface area contributed by atoms with Crippen LogP contribution in [0, 0.1) is 5.92 Å². The van der Waals surface area contributed by atoms with Crippen molar-refractivity contribution in [1.29, 1.82) is 0 Å². The normalized spacial score (nSPS) is 21.7. The zero-order chi connectivity index (χ0) is 17.1. The Kier molecular flexibility index (Phi) is 4.63. The molecule has 2 aliphatic rings. The average Bonchev–Trinajstić information content (AvgIpc) is 3.34. The Bertz CT molecular complexity index is 681. The van der Waals surface area contributed by atoms with Crippen LogP contribution in [0.25, 0.3) is 0 Å². The van der Waals surface area contributed by atoms with Gasteiger partial charge in [-0.3, -0.25) is 14.5 Å². The predicted molar refractivity (Wildman–Crippen MR) is 93.9 cm³/mol. The fraction of sp³-hybridized carbons (Fsp3) is 0.556. The molecular formula is C18H24N6O. The Morgan fingerprint density at radius 3 is 2.72 bits per heavy atom. The minimum absolute atomic E-state index is 0.131. The molecular weight excluding hydrogens is 316 g/mol. The summed E-state index contributed by atoms with van der Waals surface area (Å²) in [5, 5.41) is 4.29. The first kappa shape index (κ1) is 16.1. The molecule has 7 heteroatoms. The number of piperidine rings is 1. The van der Waals surface area contributed by atoms with Gasteiger partial charge in [-0.2, -0.15) is 5.10 Å². The molecule has 2 aromatic heterocycles. The molecule has 0 unspecified atom stereocenters. The molecule has 7 nitrogen and oxygen atoms in total. The van der Waals surface area contributed by atoms with Crippen molar-refractivity contribution in [2.24, 2.45) is 5.92 Å². The summed E-state index contributed by atoms with van der Waals surface area (Å²) < 4.78 is 1.94. The molecule has 4 rings (SSSR count). The standard InChI is InChI=1S/C18H24N6O/c25-18(24-10-1-3-16(24)14-23-9-2-6-21-23)15-4-11-22(12-5-15)17-13-19-7-8-20-17/h2,6-9,13,15-16H,1,3-5,10-12,14H2/t16-/m0/s1. The van der Waals surface area contributed by atoms with E-state index in [1.54, 1.807) is 24.8 Å². The Hall–Kier alpha value is -2.44. The second-order valence-electron chi connectivity index (χ2n) is 6.88. The summed E-state index contributed by atoms with van der Waals surface area (Å²) in [7, 11) is 0. The Morgan fingerprint density at radius 2 is 2.00 bits per heavy atom. The molecule has 1 atom stereocenters. The van der Waals surface area contributed by atoms with Gasteiger partial charge in [0.2, 0.25) is 5.91 Å². The molecule has 0 N–H and O–H groups in total. The van der Waals surface area contributed by atoms with Crippen molar-refractivity contribution in [2.45, 2.75) is 38.3 Å². The van der Waals surface area contributed by atoms with Gasteiger partial charge < -0.3 is 9.80 Å². The monoisotopic (exact) mass is 340 g/mol. The van der Waals surface area contributed by atoms with Gasteiger partial charge in [-0.1, -0.05) is 0 Å². The van der Waals surface area contributed by atoms with E-state index >= 15 is 0 Å².